The molecule has 3 fully saturated rings. The molecule has 0 bridgehead atoms. The van der Waals surface area contributed by atoms with Crippen molar-refractivity contribution in [1.29, 1.82) is 0 Å². The summed E-state index contributed by atoms with van der Waals surface area (Å²) < 4.78 is 26.5. The van der Waals surface area contributed by atoms with Gasteiger partial charge in [-0.25, -0.2) is 4.39 Å². The number of esters is 2. The van der Waals surface area contributed by atoms with Gasteiger partial charge in [-0.15, -0.1) is 11.6 Å². The monoisotopic (exact) mass is 580 g/mol. The Labute approximate surface area is 240 Å². The van der Waals surface area contributed by atoms with Gasteiger partial charge in [-0.1, -0.05) is 53.5 Å². The molecule has 3 saturated carbocycles. The fourth-order valence-corrected chi connectivity index (χ4v) is 9.09. The molecule has 0 spiro atoms. The summed E-state index contributed by atoms with van der Waals surface area (Å²) in [5.41, 5.74) is -3.46. The molecule has 40 heavy (non-hydrogen) atoms. The highest BCUT2D eigenvalue weighted by Gasteiger charge is 2.76. The number of ketones is 2. The van der Waals surface area contributed by atoms with Crippen molar-refractivity contribution in [2.24, 2.45) is 28.6 Å². The maximum atomic E-state index is 15.1. The average Bonchev–Trinajstić information content (AvgIpc) is 3.12. The largest absolute Gasteiger partial charge is 0.457 e. The molecule has 2 unspecified atom stereocenters. The zero-order valence-electron chi connectivity index (χ0n) is 24.2. The lowest BCUT2D eigenvalue weighted by Gasteiger charge is -2.64. The van der Waals surface area contributed by atoms with Crippen LogP contribution in [0.1, 0.15) is 92.4 Å². The van der Waals surface area contributed by atoms with Crippen LogP contribution < -0.4 is 0 Å². The van der Waals surface area contributed by atoms with E-state index in [4.69, 9.17) is 21.1 Å². The van der Waals surface area contributed by atoms with Crippen molar-refractivity contribution in [1.82, 2.24) is 0 Å². The summed E-state index contributed by atoms with van der Waals surface area (Å²) in [7, 11) is 0. The molecule has 4 rings (SSSR count). The van der Waals surface area contributed by atoms with E-state index in [-0.39, 0.29) is 37.5 Å². The Kier molecular flexibility index (Phi) is 8.47. The van der Waals surface area contributed by atoms with Gasteiger partial charge in [0.25, 0.3) is 0 Å². The lowest BCUT2D eigenvalue weighted by molar-refractivity contribution is -0.203. The van der Waals surface area contributed by atoms with Crippen LogP contribution in [0.2, 0.25) is 0 Å². The topological polar surface area (TPSA) is 107 Å². The quantitative estimate of drug-likeness (QED) is 0.216. The van der Waals surface area contributed by atoms with Crippen molar-refractivity contribution in [2.75, 3.05) is 6.61 Å². The third kappa shape index (κ3) is 4.31. The number of aliphatic hydroxyl groups is 1. The zero-order chi connectivity index (χ0) is 29.7. The Bertz CT molecular complexity index is 1150. The van der Waals surface area contributed by atoms with Gasteiger partial charge < -0.3 is 14.6 Å². The van der Waals surface area contributed by atoms with E-state index in [1.165, 1.54) is 6.08 Å². The predicted molar refractivity (Wildman–Crippen MR) is 147 cm³/mol. The van der Waals surface area contributed by atoms with Crippen LogP contribution in [0.3, 0.4) is 0 Å². The predicted octanol–water partition coefficient (Wildman–Crippen LogP) is 5.55. The van der Waals surface area contributed by atoms with Crippen LogP contribution in [0.25, 0.3) is 0 Å². The van der Waals surface area contributed by atoms with Crippen LogP contribution in [0.4, 0.5) is 4.39 Å². The highest BCUT2D eigenvalue weighted by molar-refractivity contribution is 6.26. The van der Waals surface area contributed by atoms with Crippen LogP contribution in [0.5, 0.6) is 0 Å². The summed E-state index contributed by atoms with van der Waals surface area (Å²) in [4.78, 5) is 50.1. The number of aliphatic hydroxyl groups excluding tert-OH is 1. The summed E-state index contributed by atoms with van der Waals surface area (Å²) in [5, 5.41) is 11.8. The molecule has 0 heterocycles. The molecule has 9 heteroatoms. The molecular formula is C31H42ClFO7. The number of carbonyl (C=O) groups is 4. The molecule has 8 atom stereocenters. The van der Waals surface area contributed by atoms with Crippen molar-refractivity contribution < 1.29 is 38.1 Å². The Morgan fingerprint density at radius 3 is 2.50 bits per heavy atom. The van der Waals surface area contributed by atoms with Gasteiger partial charge in [-0.05, 0) is 55.6 Å². The van der Waals surface area contributed by atoms with Crippen LogP contribution >= 0.6 is 11.6 Å². The number of hydrogen-bond donors (Lipinski definition) is 1. The second-order valence-corrected chi connectivity index (χ2v) is 13.2. The van der Waals surface area contributed by atoms with Crippen LogP contribution in [-0.4, -0.2) is 51.8 Å². The van der Waals surface area contributed by atoms with Gasteiger partial charge in [-0.3, -0.25) is 19.2 Å². The first-order valence-corrected chi connectivity index (χ1v) is 15.0. The Morgan fingerprint density at radius 2 is 1.85 bits per heavy atom. The number of halogens is 2. The summed E-state index contributed by atoms with van der Waals surface area (Å²) >= 11 is 7.42. The summed E-state index contributed by atoms with van der Waals surface area (Å²) in [5.74, 6) is -4.11. The lowest BCUT2D eigenvalue weighted by Crippen LogP contribution is -2.69. The third-order valence-electron chi connectivity index (χ3n) is 10.6. The van der Waals surface area contributed by atoms with Crippen molar-refractivity contribution in [3.63, 3.8) is 0 Å². The van der Waals surface area contributed by atoms with E-state index in [0.29, 0.717) is 24.8 Å². The fraction of sp³-hybridized carbons (Fsp3) is 0.742. The van der Waals surface area contributed by atoms with Gasteiger partial charge in [-0.2, -0.15) is 0 Å². The van der Waals surface area contributed by atoms with E-state index >= 15 is 4.39 Å². The van der Waals surface area contributed by atoms with Gasteiger partial charge >= 0.3 is 11.9 Å². The minimum absolute atomic E-state index is 0.0153. The Morgan fingerprint density at radius 1 is 1.15 bits per heavy atom. The molecule has 0 amide bonds. The first kappa shape index (κ1) is 30.9. The number of rotatable bonds is 9. The molecule has 0 radical (unpaired) electrons. The highest BCUT2D eigenvalue weighted by Crippen LogP contribution is 2.72. The first-order chi connectivity index (χ1) is 18.7. The van der Waals surface area contributed by atoms with Crippen LogP contribution in [0, 0.1) is 28.6 Å². The molecule has 0 aromatic heterocycles. The van der Waals surface area contributed by atoms with Crippen molar-refractivity contribution in [2.45, 2.75) is 109 Å². The van der Waals surface area contributed by atoms with E-state index in [9.17, 15) is 24.3 Å². The van der Waals surface area contributed by atoms with Gasteiger partial charge in [0.15, 0.2) is 18.0 Å². The minimum atomic E-state index is -1.63. The molecule has 0 aromatic rings. The number of allylic oxidation sites excluding steroid dienone is 4. The smallest absolute Gasteiger partial charge is 0.306 e. The SMILES string of the molecule is CCCCCC(=O)OCC(=O)[C@@]1(OC(=O)CC)C(C)C[C@H]2[C@@H]3CCC4=C(F)C(=O)C=C[C@]4(C)[C@@]3(Cl)C(O)C[C@@]21C. The first-order valence-electron chi connectivity index (χ1n) is 14.6. The molecule has 0 aliphatic heterocycles. The van der Waals surface area contributed by atoms with E-state index in [0.717, 1.165) is 12.8 Å². The number of alkyl halides is 1. The Hall–Kier alpha value is -2.06. The normalized spacial score (nSPS) is 40.2. The van der Waals surface area contributed by atoms with Crippen molar-refractivity contribution in [3.8, 4) is 0 Å². The van der Waals surface area contributed by atoms with E-state index in [2.05, 4.69) is 0 Å². The second-order valence-electron chi connectivity index (χ2n) is 12.6. The standard InChI is InChI=1S/C31H42ClFO7/c1-6-8-9-10-26(38)39-17-24(36)31(40-25(37)7-2)18(3)15-21-19-11-12-20-27(33)22(34)13-14-28(20,4)30(19,32)23(35)16-29(21,31)5/h13-14,18-19,21,23,35H,6-12,15-17H2,1-5H3/t18?,19-,21-,23?,28-,29-,30-,31-/m0/s1. The van der Waals surface area contributed by atoms with Gasteiger partial charge in [0.2, 0.25) is 11.6 Å². The Balaban J connectivity index is 1.73. The number of ether oxygens (including phenoxy) is 2. The average molecular weight is 581 g/mol. The summed E-state index contributed by atoms with van der Waals surface area (Å²) in [6, 6.07) is 0. The second kappa shape index (κ2) is 11.0. The van der Waals surface area contributed by atoms with E-state index < -0.39 is 69.3 Å². The lowest BCUT2D eigenvalue weighted by atomic mass is 9.45. The van der Waals surface area contributed by atoms with Crippen molar-refractivity contribution in [3.05, 3.63) is 23.6 Å². The van der Waals surface area contributed by atoms with E-state index in [1.54, 1.807) is 19.9 Å². The number of hydrogen-bond acceptors (Lipinski definition) is 7. The third-order valence-corrected chi connectivity index (χ3v) is 11.5. The zero-order valence-corrected chi connectivity index (χ0v) is 24.9. The molecular weight excluding hydrogens is 539 g/mol. The fourth-order valence-electron chi connectivity index (χ4n) is 8.57. The van der Waals surface area contributed by atoms with E-state index in [1.807, 2.05) is 20.8 Å². The molecule has 222 valence electrons. The van der Waals surface area contributed by atoms with Crippen molar-refractivity contribution >= 4 is 35.1 Å². The molecule has 4 aliphatic carbocycles. The minimum Gasteiger partial charge on any atom is -0.457 e. The summed E-state index contributed by atoms with van der Waals surface area (Å²) in [6.07, 6.45) is 5.53. The van der Waals surface area contributed by atoms with Gasteiger partial charge in [0.05, 0.1) is 11.0 Å². The number of Topliss-reactive ketones (excluding diaryl/α,β-unsaturated/α-hetero) is 1. The summed E-state index contributed by atoms with van der Waals surface area (Å²) in [6.45, 7) is 8.62. The maximum absolute atomic E-state index is 15.1. The van der Waals surface area contributed by atoms with Gasteiger partial charge in [0, 0.05) is 29.6 Å². The van der Waals surface area contributed by atoms with Crippen LogP contribution in [-0.2, 0) is 28.7 Å². The van der Waals surface area contributed by atoms with Gasteiger partial charge in [0.1, 0.15) is 0 Å². The molecule has 0 saturated heterocycles. The number of unbranched alkanes of at least 4 members (excludes halogenated alkanes) is 2. The van der Waals surface area contributed by atoms with Crippen LogP contribution in [0.15, 0.2) is 23.6 Å². The highest BCUT2D eigenvalue weighted by atomic mass is 35.5. The number of carbonyl (C=O) groups excluding carboxylic acids is 4. The molecule has 4 aliphatic rings. The number of fused-ring (bicyclic) bond motifs is 5. The molecule has 0 aromatic carbocycles. The molecule has 7 nitrogen and oxygen atoms in total. The maximum Gasteiger partial charge on any atom is 0.306 e. The molecule has 1 N–H and O–H groups in total.